The molecular formula is C16H10N2O2. The van der Waals surface area contributed by atoms with Crippen LogP contribution in [0.3, 0.4) is 0 Å². The minimum absolute atomic E-state index is 0.327. The van der Waals surface area contributed by atoms with Crippen LogP contribution in [0.15, 0.2) is 48.5 Å². The summed E-state index contributed by atoms with van der Waals surface area (Å²) in [6, 6.07) is 14.6. The first-order valence-corrected chi connectivity index (χ1v) is 5.82. The molecule has 2 rings (SSSR count). The summed E-state index contributed by atoms with van der Waals surface area (Å²) in [5.41, 5.74) is 1.81. The van der Waals surface area contributed by atoms with Gasteiger partial charge in [0.15, 0.2) is 0 Å². The Morgan fingerprint density at radius 3 is 1.85 bits per heavy atom. The van der Waals surface area contributed by atoms with E-state index >= 15 is 0 Å². The molecular weight excluding hydrogens is 252 g/mol. The lowest BCUT2D eigenvalue weighted by atomic mass is 10.1. The Bertz CT molecular complexity index is 660. The van der Waals surface area contributed by atoms with Gasteiger partial charge in [-0.1, -0.05) is 42.5 Å². The van der Waals surface area contributed by atoms with E-state index in [0.717, 1.165) is 11.1 Å². The van der Waals surface area contributed by atoms with Crippen molar-refractivity contribution in [1.29, 1.82) is 10.5 Å². The smallest absolute Gasteiger partial charge is 0.292 e. The highest BCUT2D eigenvalue weighted by molar-refractivity contribution is 5.71. The van der Waals surface area contributed by atoms with Gasteiger partial charge in [0.1, 0.15) is 11.5 Å². The SMILES string of the molecule is N#COc1cc(C=Cc2ccccc2)cc(OC#N)c1. The number of benzene rings is 2. The summed E-state index contributed by atoms with van der Waals surface area (Å²) in [5, 5.41) is 17.1. The van der Waals surface area contributed by atoms with Crippen LogP contribution in [0.25, 0.3) is 12.2 Å². The van der Waals surface area contributed by atoms with E-state index in [1.54, 1.807) is 24.6 Å². The van der Waals surface area contributed by atoms with Crippen LogP contribution in [-0.4, -0.2) is 0 Å². The number of hydrogen-bond acceptors (Lipinski definition) is 4. The van der Waals surface area contributed by atoms with Crippen molar-refractivity contribution in [3.63, 3.8) is 0 Å². The predicted octanol–water partition coefficient (Wildman–Crippen LogP) is 3.58. The molecule has 0 amide bonds. The monoisotopic (exact) mass is 262 g/mol. The van der Waals surface area contributed by atoms with Gasteiger partial charge in [0.05, 0.1) is 0 Å². The molecule has 96 valence electrons. The molecule has 0 aliphatic heterocycles. The molecule has 0 saturated heterocycles. The van der Waals surface area contributed by atoms with Crippen LogP contribution in [-0.2, 0) is 0 Å². The maximum Gasteiger partial charge on any atom is 0.292 e. The lowest BCUT2D eigenvalue weighted by Crippen LogP contribution is -1.87. The molecule has 0 heterocycles. The first-order chi connectivity index (χ1) is 9.81. The topological polar surface area (TPSA) is 66.0 Å². The van der Waals surface area contributed by atoms with Crippen molar-refractivity contribution in [1.82, 2.24) is 0 Å². The average molecular weight is 262 g/mol. The van der Waals surface area contributed by atoms with Gasteiger partial charge >= 0.3 is 0 Å². The Kier molecular flexibility index (Phi) is 4.37. The molecule has 0 fully saturated rings. The van der Waals surface area contributed by atoms with E-state index in [1.807, 2.05) is 42.5 Å². The molecule has 0 aliphatic carbocycles. The maximum atomic E-state index is 8.54. The Labute approximate surface area is 116 Å². The van der Waals surface area contributed by atoms with E-state index in [0.29, 0.717) is 11.5 Å². The second-order valence-electron chi connectivity index (χ2n) is 3.87. The van der Waals surface area contributed by atoms with E-state index in [9.17, 15) is 0 Å². The summed E-state index contributed by atoms with van der Waals surface area (Å²) in [4.78, 5) is 0. The zero-order valence-corrected chi connectivity index (χ0v) is 10.5. The van der Waals surface area contributed by atoms with Gasteiger partial charge in [0.25, 0.3) is 12.5 Å². The fourth-order valence-corrected chi connectivity index (χ4v) is 1.67. The molecule has 0 unspecified atom stereocenters. The second-order valence-corrected chi connectivity index (χ2v) is 3.87. The van der Waals surface area contributed by atoms with Crippen LogP contribution >= 0.6 is 0 Å². The van der Waals surface area contributed by atoms with Crippen molar-refractivity contribution >= 4 is 12.2 Å². The van der Waals surface area contributed by atoms with Crippen molar-refractivity contribution in [2.45, 2.75) is 0 Å². The van der Waals surface area contributed by atoms with Crippen molar-refractivity contribution in [2.75, 3.05) is 0 Å². The molecule has 4 nitrogen and oxygen atoms in total. The molecule has 0 bridgehead atoms. The fraction of sp³-hybridized carbons (Fsp3) is 0. The van der Waals surface area contributed by atoms with E-state index in [4.69, 9.17) is 20.0 Å². The summed E-state index contributed by atoms with van der Waals surface area (Å²) in [5.74, 6) is 0.654. The van der Waals surface area contributed by atoms with Crippen LogP contribution in [0.1, 0.15) is 11.1 Å². The standard InChI is InChI=1S/C16H10N2O2/c17-11-19-15-8-14(9-16(10-15)20-12-18)7-6-13-4-2-1-3-5-13/h1-10H. The molecule has 0 N–H and O–H groups in total. The third-order valence-electron chi connectivity index (χ3n) is 2.50. The molecule has 2 aromatic rings. The molecule has 4 heteroatoms. The van der Waals surface area contributed by atoms with Gasteiger partial charge in [-0.05, 0) is 23.3 Å². The zero-order valence-electron chi connectivity index (χ0n) is 10.5. The minimum Gasteiger partial charge on any atom is -0.388 e. The van der Waals surface area contributed by atoms with Crippen molar-refractivity contribution in [2.24, 2.45) is 0 Å². The quantitative estimate of drug-likeness (QED) is 0.624. The van der Waals surface area contributed by atoms with Gasteiger partial charge in [-0.3, -0.25) is 0 Å². The van der Waals surface area contributed by atoms with Gasteiger partial charge in [0.2, 0.25) is 0 Å². The summed E-state index contributed by atoms with van der Waals surface area (Å²) in [6.45, 7) is 0. The number of nitriles is 2. The Hall–Kier alpha value is -3.24. The molecule has 0 saturated carbocycles. The van der Waals surface area contributed by atoms with Gasteiger partial charge in [-0.2, -0.15) is 0 Å². The first kappa shape index (κ1) is 13.2. The fourth-order valence-electron chi connectivity index (χ4n) is 1.67. The Morgan fingerprint density at radius 2 is 1.30 bits per heavy atom. The molecule has 2 aromatic carbocycles. The summed E-state index contributed by atoms with van der Waals surface area (Å²) in [6.07, 6.45) is 6.95. The number of nitrogens with zero attached hydrogens (tertiary/aromatic N) is 2. The highest BCUT2D eigenvalue weighted by Crippen LogP contribution is 2.24. The van der Waals surface area contributed by atoms with Crippen molar-refractivity contribution in [3.8, 4) is 24.0 Å². The second kappa shape index (κ2) is 6.63. The maximum absolute atomic E-state index is 8.54. The summed E-state index contributed by atoms with van der Waals surface area (Å²) >= 11 is 0. The van der Waals surface area contributed by atoms with Gasteiger partial charge in [0, 0.05) is 6.07 Å². The van der Waals surface area contributed by atoms with Crippen LogP contribution in [0.2, 0.25) is 0 Å². The van der Waals surface area contributed by atoms with Crippen LogP contribution in [0, 0.1) is 23.0 Å². The third-order valence-corrected chi connectivity index (χ3v) is 2.50. The number of ether oxygens (including phenoxy) is 2. The van der Waals surface area contributed by atoms with Crippen LogP contribution in [0.4, 0.5) is 0 Å². The Morgan fingerprint density at radius 1 is 0.750 bits per heavy atom. The molecule has 0 aromatic heterocycles. The first-order valence-electron chi connectivity index (χ1n) is 5.82. The van der Waals surface area contributed by atoms with E-state index < -0.39 is 0 Å². The molecule has 0 aliphatic rings. The van der Waals surface area contributed by atoms with E-state index in [-0.39, 0.29) is 0 Å². The third kappa shape index (κ3) is 3.63. The average Bonchev–Trinajstić information content (AvgIpc) is 2.47. The predicted molar refractivity (Wildman–Crippen MR) is 74.3 cm³/mol. The zero-order chi connectivity index (χ0) is 14.2. The lowest BCUT2D eigenvalue weighted by Gasteiger charge is -2.02. The van der Waals surface area contributed by atoms with Crippen LogP contribution in [0.5, 0.6) is 11.5 Å². The lowest BCUT2D eigenvalue weighted by molar-refractivity contribution is 0.483. The highest BCUT2D eigenvalue weighted by atomic mass is 16.5. The van der Waals surface area contributed by atoms with Gasteiger partial charge in [-0.15, -0.1) is 10.5 Å². The van der Waals surface area contributed by atoms with Crippen LogP contribution < -0.4 is 9.47 Å². The van der Waals surface area contributed by atoms with Crippen molar-refractivity contribution < 1.29 is 9.47 Å². The van der Waals surface area contributed by atoms with Crippen molar-refractivity contribution in [3.05, 3.63) is 59.7 Å². The minimum atomic E-state index is 0.327. The molecule has 0 spiro atoms. The largest absolute Gasteiger partial charge is 0.388 e. The molecule has 0 radical (unpaired) electrons. The number of hydrogen-bond donors (Lipinski definition) is 0. The molecule has 0 atom stereocenters. The van der Waals surface area contributed by atoms with Gasteiger partial charge in [-0.25, -0.2) is 0 Å². The molecule has 20 heavy (non-hydrogen) atoms. The number of rotatable bonds is 4. The van der Waals surface area contributed by atoms with E-state index in [1.165, 1.54) is 6.07 Å². The normalized spacial score (nSPS) is 9.70. The van der Waals surface area contributed by atoms with E-state index in [2.05, 4.69) is 0 Å². The Balaban J connectivity index is 2.29. The summed E-state index contributed by atoms with van der Waals surface area (Å²) in [7, 11) is 0. The highest BCUT2D eigenvalue weighted by Gasteiger charge is 2.02. The van der Waals surface area contributed by atoms with Gasteiger partial charge < -0.3 is 9.47 Å². The summed E-state index contributed by atoms with van der Waals surface area (Å²) < 4.78 is 9.54.